The zero-order chi connectivity index (χ0) is 19.2. The van der Waals surface area contributed by atoms with Crippen molar-refractivity contribution in [1.82, 2.24) is 15.2 Å². The summed E-state index contributed by atoms with van der Waals surface area (Å²) >= 11 is 1.32. The number of rotatable bonds is 7. The smallest absolute Gasteiger partial charge is 0.237 e. The maximum absolute atomic E-state index is 12.4. The molecule has 0 fully saturated rings. The Labute approximate surface area is 162 Å². The lowest BCUT2D eigenvalue weighted by Crippen LogP contribution is -2.22. The second-order valence-corrected chi connectivity index (χ2v) is 7.65. The third-order valence-corrected chi connectivity index (χ3v) is 4.74. The molecule has 0 saturated heterocycles. The molecule has 0 saturated carbocycles. The normalized spacial score (nSPS) is 12.0. The average Bonchev–Trinajstić information content (AvgIpc) is 3.13. The molecule has 6 nitrogen and oxygen atoms in total. The number of H-pyrrole nitrogens is 1. The summed E-state index contributed by atoms with van der Waals surface area (Å²) in [4.78, 5) is 16.8. The number of nitrogens with zero attached hydrogens (tertiary/aromatic N) is 2. The van der Waals surface area contributed by atoms with Gasteiger partial charge in [-0.05, 0) is 43.3 Å². The Hall–Kier alpha value is -2.80. The van der Waals surface area contributed by atoms with E-state index in [0.29, 0.717) is 16.6 Å². The number of para-hydroxylation sites is 1. The fourth-order valence-electron chi connectivity index (χ4n) is 2.26. The molecule has 1 heterocycles. The fraction of sp³-hybridized carbons (Fsp3) is 0.250. The number of amides is 1. The molecule has 0 radical (unpaired) electrons. The molecule has 0 aliphatic rings. The minimum Gasteiger partial charge on any atom is -0.457 e. The van der Waals surface area contributed by atoms with Crippen LogP contribution in [-0.2, 0) is 4.79 Å². The summed E-state index contributed by atoms with van der Waals surface area (Å²) in [5.74, 6) is 2.47. The molecule has 0 aliphatic heterocycles. The number of ether oxygens (including phenoxy) is 1. The highest BCUT2D eigenvalue weighted by atomic mass is 32.2. The van der Waals surface area contributed by atoms with Crippen LogP contribution in [0.1, 0.15) is 32.5 Å². The van der Waals surface area contributed by atoms with Gasteiger partial charge in [-0.2, -0.15) is 0 Å². The van der Waals surface area contributed by atoms with Gasteiger partial charge in [0.1, 0.15) is 17.3 Å². The Kier molecular flexibility index (Phi) is 6.13. The number of hydrogen-bond donors (Lipinski definition) is 2. The number of aromatic amines is 1. The van der Waals surface area contributed by atoms with Gasteiger partial charge in [0.2, 0.25) is 11.1 Å². The zero-order valence-corrected chi connectivity index (χ0v) is 16.3. The summed E-state index contributed by atoms with van der Waals surface area (Å²) in [5, 5.41) is 10.2. The van der Waals surface area contributed by atoms with Crippen molar-refractivity contribution in [1.29, 1.82) is 0 Å². The lowest BCUT2D eigenvalue weighted by molar-refractivity contribution is -0.115. The molecule has 1 aromatic heterocycles. The molecule has 7 heteroatoms. The predicted octanol–water partition coefficient (Wildman–Crippen LogP) is 4.84. The van der Waals surface area contributed by atoms with Gasteiger partial charge in [-0.3, -0.25) is 9.89 Å². The van der Waals surface area contributed by atoms with Gasteiger partial charge in [0.05, 0.1) is 5.25 Å². The summed E-state index contributed by atoms with van der Waals surface area (Å²) < 4.78 is 5.75. The first-order chi connectivity index (χ1) is 13.0. The average molecular weight is 382 g/mol. The SMILES string of the molecule is CC(C)c1nc(S[C@@H](C)C(=O)Nc2ccc(Oc3ccccc3)cc2)n[nH]1. The van der Waals surface area contributed by atoms with Gasteiger partial charge in [0.25, 0.3) is 0 Å². The molecule has 1 atom stereocenters. The molecular weight excluding hydrogens is 360 g/mol. The molecular formula is C20H22N4O2S. The molecule has 3 aromatic rings. The number of benzene rings is 2. The van der Waals surface area contributed by atoms with Crippen molar-refractivity contribution in [2.24, 2.45) is 0 Å². The number of nitrogens with one attached hydrogen (secondary N) is 2. The molecule has 0 aliphatic carbocycles. The molecule has 140 valence electrons. The predicted molar refractivity (Wildman–Crippen MR) is 107 cm³/mol. The Balaban J connectivity index is 1.55. The van der Waals surface area contributed by atoms with Crippen LogP contribution in [0.2, 0.25) is 0 Å². The number of carbonyl (C=O) groups is 1. The second-order valence-electron chi connectivity index (χ2n) is 6.35. The van der Waals surface area contributed by atoms with Crippen LogP contribution in [0.5, 0.6) is 11.5 Å². The van der Waals surface area contributed by atoms with E-state index < -0.39 is 0 Å². The Morgan fingerprint density at radius 2 is 1.70 bits per heavy atom. The molecule has 1 amide bonds. The monoisotopic (exact) mass is 382 g/mol. The lowest BCUT2D eigenvalue weighted by atomic mass is 10.2. The maximum Gasteiger partial charge on any atom is 0.237 e. The van der Waals surface area contributed by atoms with E-state index in [1.807, 2.05) is 75.4 Å². The van der Waals surface area contributed by atoms with Crippen LogP contribution < -0.4 is 10.1 Å². The molecule has 2 N–H and O–H groups in total. The van der Waals surface area contributed by atoms with E-state index in [-0.39, 0.29) is 17.1 Å². The number of aromatic nitrogens is 3. The number of thioether (sulfide) groups is 1. The maximum atomic E-state index is 12.4. The van der Waals surface area contributed by atoms with Crippen molar-refractivity contribution in [3.63, 3.8) is 0 Å². The Morgan fingerprint density at radius 3 is 2.33 bits per heavy atom. The van der Waals surface area contributed by atoms with Crippen molar-refractivity contribution in [2.75, 3.05) is 5.32 Å². The topological polar surface area (TPSA) is 79.9 Å². The van der Waals surface area contributed by atoms with E-state index in [4.69, 9.17) is 4.74 Å². The summed E-state index contributed by atoms with van der Waals surface area (Å²) in [6.07, 6.45) is 0. The van der Waals surface area contributed by atoms with Gasteiger partial charge >= 0.3 is 0 Å². The zero-order valence-electron chi connectivity index (χ0n) is 15.5. The van der Waals surface area contributed by atoms with E-state index in [0.717, 1.165) is 11.6 Å². The van der Waals surface area contributed by atoms with Crippen LogP contribution in [0.15, 0.2) is 59.8 Å². The van der Waals surface area contributed by atoms with Gasteiger partial charge < -0.3 is 10.1 Å². The summed E-state index contributed by atoms with van der Waals surface area (Å²) in [6.45, 7) is 5.91. The summed E-state index contributed by atoms with van der Waals surface area (Å²) in [6, 6.07) is 16.8. The van der Waals surface area contributed by atoms with Gasteiger partial charge in [-0.25, -0.2) is 4.98 Å². The number of carbonyl (C=O) groups excluding carboxylic acids is 1. The van der Waals surface area contributed by atoms with Crippen LogP contribution in [-0.4, -0.2) is 26.3 Å². The van der Waals surface area contributed by atoms with Crippen LogP contribution in [0, 0.1) is 0 Å². The van der Waals surface area contributed by atoms with E-state index >= 15 is 0 Å². The van der Waals surface area contributed by atoms with E-state index in [1.165, 1.54) is 11.8 Å². The van der Waals surface area contributed by atoms with Crippen LogP contribution in [0.3, 0.4) is 0 Å². The largest absolute Gasteiger partial charge is 0.457 e. The van der Waals surface area contributed by atoms with Crippen molar-refractivity contribution in [3.8, 4) is 11.5 Å². The third kappa shape index (κ3) is 5.34. The van der Waals surface area contributed by atoms with Crippen molar-refractivity contribution in [2.45, 2.75) is 37.1 Å². The van der Waals surface area contributed by atoms with Crippen LogP contribution >= 0.6 is 11.8 Å². The Bertz CT molecular complexity index is 879. The van der Waals surface area contributed by atoms with Crippen molar-refractivity contribution >= 4 is 23.4 Å². The van der Waals surface area contributed by atoms with Crippen molar-refractivity contribution in [3.05, 3.63) is 60.4 Å². The first-order valence-corrected chi connectivity index (χ1v) is 9.62. The van der Waals surface area contributed by atoms with E-state index in [9.17, 15) is 4.79 Å². The number of anilines is 1. The number of hydrogen-bond acceptors (Lipinski definition) is 5. The summed E-state index contributed by atoms with van der Waals surface area (Å²) in [7, 11) is 0. The third-order valence-electron chi connectivity index (χ3n) is 3.78. The molecule has 0 spiro atoms. The molecule has 3 rings (SSSR count). The first-order valence-electron chi connectivity index (χ1n) is 8.74. The molecule has 0 bridgehead atoms. The Morgan fingerprint density at radius 1 is 1.04 bits per heavy atom. The van der Waals surface area contributed by atoms with Crippen LogP contribution in [0.25, 0.3) is 0 Å². The quantitative estimate of drug-likeness (QED) is 0.572. The molecule has 2 aromatic carbocycles. The highest BCUT2D eigenvalue weighted by Gasteiger charge is 2.18. The standard InChI is InChI=1S/C20H22N4O2S/c1-13(2)18-22-20(24-23-18)27-14(3)19(25)21-15-9-11-17(12-10-15)26-16-7-5-4-6-8-16/h4-14H,1-3H3,(H,21,25)(H,22,23,24)/t14-/m0/s1. The lowest BCUT2D eigenvalue weighted by Gasteiger charge is -2.11. The molecule has 27 heavy (non-hydrogen) atoms. The first kappa shape index (κ1) is 19.0. The van der Waals surface area contributed by atoms with E-state index in [2.05, 4.69) is 20.5 Å². The highest BCUT2D eigenvalue weighted by molar-refractivity contribution is 8.00. The highest BCUT2D eigenvalue weighted by Crippen LogP contribution is 2.24. The van der Waals surface area contributed by atoms with Gasteiger partial charge in [-0.1, -0.05) is 43.8 Å². The summed E-state index contributed by atoms with van der Waals surface area (Å²) in [5.41, 5.74) is 0.714. The van der Waals surface area contributed by atoms with Crippen LogP contribution in [0.4, 0.5) is 5.69 Å². The van der Waals surface area contributed by atoms with Crippen molar-refractivity contribution < 1.29 is 9.53 Å². The van der Waals surface area contributed by atoms with Gasteiger partial charge in [-0.15, -0.1) is 5.10 Å². The van der Waals surface area contributed by atoms with Gasteiger partial charge in [0, 0.05) is 11.6 Å². The second kappa shape index (κ2) is 8.73. The van der Waals surface area contributed by atoms with Gasteiger partial charge in [0.15, 0.2) is 0 Å². The fourth-order valence-corrected chi connectivity index (χ4v) is 2.99. The van der Waals surface area contributed by atoms with E-state index in [1.54, 1.807) is 0 Å². The molecule has 0 unspecified atom stereocenters. The minimum absolute atomic E-state index is 0.104. The minimum atomic E-state index is -0.318.